The monoisotopic (exact) mass is 249 g/mol. The Balaban J connectivity index is 2.16. The van der Waals surface area contributed by atoms with Crippen LogP contribution in [0.15, 0.2) is 30.4 Å². The fourth-order valence-electron chi connectivity index (χ4n) is 2.06. The minimum atomic E-state index is 0.103. The maximum atomic E-state index is 12.3. The van der Waals surface area contributed by atoms with Crippen molar-refractivity contribution in [1.82, 2.24) is 4.90 Å². The number of aryl methyl sites for hydroxylation is 1. The van der Waals surface area contributed by atoms with Crippen LogP contribution in [0.5, 0.6) is 0 Å². The number of carbonyl (C=O) groups is 1. The molecule has 1 heterocycles. The molecule has 0 spiro atoms. The van der Waals surface area contributed by atoms with E-state index in [1.807, 2.05) is 24.0 Å². The van der Waals surface area contributed by atoms with E-state index in [-0.39, 0.29) is 5.91 Å². The molecule has 1 fully saturated rings. The van der Waals surface area contributed by atoms with E-state index in [0.29, 0.717) is 5.02 Å². The predicted octanol–water partition coefficient (Wildman–Crippen LogP) is 3.44. The first-order valence-electron chi connectivity index (χ1n) is 5.80. The minimum Gasteiger partial charge on any atom is -0.338 e. The van der Waals surface area contributed by atoms with Gasteiger partial charge >= 0.3 is 0 Å². The van der Waals surface area contributed by atoms with Crippen molar-refractivity contribution in [2.24, 2.45) is 0 Å². The summed E-state index contributed by atoms with van der Waals surface area (Å²) in [6.07, 6.45) is 1.83. The van der Waals surface area contributed by atoms with Gasteiger partial charge in [-0.15, -0.1) is 0 Å². The molecule has 1 amide bonds. The Morgan fingerprint density at radius 3 is 2.59 bits per heavy atom. The Morgan fingerprint density at radius 1 is 1.35 bits per heavy atom. The summed E-state index contributed by atoms with van der Waals surface area (Å²) < 4.78 is 0. The first-order chi connectivity index (χ1) is 8.08. The molecule has 1 saturated heterocycles. The topological polar surface area (TPSA) is 20.3 Å². The van der Waals surface area contributed by atoms with Gasteiger partial charge in [0.1, 0.15) is 0 Å². The lowest BCUT2D eigenvalue weighted by molar-refractivity contribution is 0.0743. The third kappa shape index (κ3) is 2.70. The molecule has 17 heavy (non-hydrogen) atoms. The Labute approximate surface area is 107 Å². The van der Waals surface area contributed by atoms with Crippen LogP contribution in [-0.2, 0) is 0 Å². The van der Waals surface area contributed by atoms with Gasteiger partial charge in [0.2, 0.25) is 0 Å². The van der Waals surface area contributed by atoms with Crippen molar-refractivity contribution in [3.63, 3.8) is 0 Å². The molecule has 0 bridgehead atoms. The molecule has 1 aromatic carbocycles. The quantitative estimate of drug-likeness (QED) is 0.699. The summed E-state index contributed by atoms with van der Waals surface area (Å²) in [6, 6.07) is 5.41. The number of carbonyl (C=O) groups excluding carboxylic acids is 1. The van der Waals surface area contributed by atoms with Gasteiger partial charge in [0, 0.05) is 23.7 Å². The fourth-order valence-corrected chi connectivity index (χ4v) is 2.29. The highest BCUT2D eigenvalue weighted by atomic mass is 35.5. The predicted molar refractivity (Wildman–Crippen MR) is 70.5 cm³/mol. The van der Waals surface area contributed by atoms with Crippen molar-refractivity contribution >= 4 is 17.5 Å². The van der Waals surface area contributed by atoms with Gasteiger partial charge in [-0.25, -0.2) is 0 Å². The molecular weight excluding hydrogens is 234 g/mol. The number of benzene rings is 1. The van der Waals surface area contributed by atoms with Crippen molar-refractivity contribution < 1.29 is 4.79 Å². The fraction of sp³-hybridized carbons (Fsp3) is 0.357. The van der Waals surface area contributed by atoms with Gasteiger partial charge in [0.05, 0.1) is 0 Å². The van der Waals surface area contributed by atoms with Gasteiger partial charge < -0.3 is 4.90 Å². The van der Waals surface area contributed by atoms with Crippen molar-refractivity contribution in [2.75, 3.05) is 13.1 Å². The van der Waals surface area contributed by atoms with Crippen LogP contribution in [0.3, 0.4) is 0 Å². The van der Waals surface area contributed by atoms with E-state index in [4.69, 9.17) is 11.6 Å². The zero-order valence-corrected chi connectivity index (χ0v) is 10.8. The van der Waals surface area contributed by atoms with Gasteiger partial charge in [-0.2, -0.15) is 0 Å². The molecule has 0 atom stereocenters. The summed E-state index contributed by atoms with van der Waals surface area (Å²) in [5.74, 6) is 0.103. The molecule has 0 radical (unpaired) electrons. The number of likely N-dealkylation sites (tertiary alicyclic amines) is 1. The van der Waals surface area contributed by atoms with Crippen LogP contribution in [0.25, 0.3) is 0 Å². The molecule has 0 N–H and O–H groups in total. The first-order valence-corrected chi connectivity index (χ1v) is 6.18. The highest BCUT2D eigenvalue weighted by Crippen LogP contribution is 2.20. The number of halogens is 1. The molecule has 0 aromatic heterocycles. The number of amides is 1. The highest BCUT2D eigenvalue weighted by molar-refractivity contribution is 6.30. The summed E-state index contributed by atoms with van der Waals surface area (Å²) in [5.41, 5.74) is 2.93. The third-order valence-electron chi connectivity index (χ3n) is 3.18. The summed E-state index contributed by atoms with van der Waals surface area (Å²) in [6.45, 7) is 7.43. The molecule has 1 aromatic rings. The molecule has 2 rings (SSSR count). The van der Waals surface area contributed by atoms with E-state index in [0.717, 1.165) is 37.1 Å². The number of rotatable bonds is 1. The lowest BCUT2D eigenvalue weighted by atomic mass is 10.0. The second kappa shape index (κ2) is 4.92. The molecule has 2 nitrogen and oxygen atoms in total. The smallest absolute Gasteiger partial charge is 0.254 e. The second-order valence-electron chi connectivity index (χ2n) is 4.50. The molecule has 90 valence electrons. The maximum absolute atomic E-state index is 12.3. The molecule has 3 heteroatoms. The Bertz CT molecular complexity index is 457. The van der Waals surface area contributed by atoms with Crippen LogP contribution in [0.4, 0.5) is 0 Å². The van der Waals surface area contributed by atoms with Crippen LogP contribution < -0.4 is 0 Å². The van der Waals surface area contributed by atoms with Crippen LogP contribution >= 0.6 is 11.6 Å². The van der Waals surface area contributed by atoms with E-state index >= 15 is 0 Å². The van der Waals surface area contributed by atoms with Crippen LogP contribution in [0.1, 0.15) is 28.8 Å². The minimum absolute atomic E-state index is 0.103. The maximum Gasteiger partial charge on any atom is 0.254 e. The number of nitrogens with zero attached hydrogens (tertiary/aromatic N) is 1. The largest absolute Gasteiger partial charge is 0.338 e. The number of piperidine rings is 1. The highest BCUT2D eigenvalue weighted by Gasteiger charge is 2.20. The zero-order chi connectivity index (χ0) is 12.4. The van der Waals surface area contributed by atoms with E-state index in [1.165, 1.54) is 5.57 Å². The zero-order valence-electron chi connectivity index (χ0n) is 10.0. The van der Waals surface area contributed by atoms with Crippen LogP contribution in [0, 0.1) is 6.92 Å². The number of hydrogen-bond donors (Lipinski definition) is 0. The standard InChI is InChI=1S/C14H16ClNO/c1-10-5-7-16(8-6-10)14(17)13-4-3-12(15)9-11(13)2/h3-4,9H,1,5-8H2,2H3. The Kier molecular flexibility index (Phi) is 3.53. The molecule has 0 unspecified atom stereocenters. The molecule has 0 aliphatic carbocycles. The molecule has 0 saturated carbocycles. The van der Waals surface area contributed by atoms with Crippen molar-refractivity contribution in [3.05, 3.63) is 46.5 Å². The Hall–Kier alpha value is -1.28. The lowest BCUT2D eigenvalue weighted by Gasteiger charge is -2.28. The lowest BCUT2D eigenvalue weighted by Crippen LogP contribution is -2.36. The van der Waals surface area contributed by atoms with Gasteiger partial charge in [0.25, 0.3) is 5.91 Å². The molecular formula is C14H16ClNO. The van der Waals surface area contributed by atoms with Gasteiger partial charge in [0.15, 0.2) is 0 Å². The van der Waals surface area contributed by atoms with Crippen molar-refractivity contribution in [2.45, 2.75) is 19.8 Å². The van der Waals surface area contributed by atoms with E-state index in [9.17, 15) is 4.79 Å². The summed E-state index contributed by atoms with van der Waals surface area (Å²) in [4.78, 5) is 14.2. The van der Waals surface area contributed by atoms with Gasteiger partial charge in [-0.1, -0.05) is 23.8 Å². The summed E-state index contributed by atoms with van der Waals surface area (Å²) in [7, 11) is 0. The average Bonchev–Trinajstić information content (AvgIpc) is 2.29. The molecule has 1 aliphatic rings. The summed E-state index contributed by atoms with van der Waals surface area (Å²) >= 11 is 5.89. The first kappa shape index (κ1) is 12.2. The van der Waals surface area contributed by atoms with Crippen LogP contribution in [-0.4, -0.2) is 23.9 Å². The van der Waals surface area contributed by atoms with Crippen molar-refractivity contribution in [1.29, 1.82) is 0 Å². The SMILES string of the molecule is C=C1CCN(C(=O)c2ccc(Cl)cc2C)CC1. The van der Waals surface area contributed by atoms with E-state index in [1.54, 1.807) is 6.07 Å². The normalized spacial score (nSPS) is 16.1. The van der Waals surface area contributed by atoms with Gasteiger partial charge in [-0.3, -0.25) is 4.79 Å². The third-order valence-corrected chi connectivity index (χ3v) is 3.41. The van der Waals surface area contributed by atoms with E-state index in [2.05, 4.69) is 6.58 Å². The van der Waals surface area contributed by atoms with Crippen LogP contribution in [0.2, 0.25) is 5.02 Å². The van der Waals surface area contributed by atoms with Gasteiger partial charge in [-0.05, 0) is 43.5 Å². The molecule has 1 aliphatic heterocycles. The Morgan fingerprint density at radius 2 is 2.00 bits per heavy atom. The second-order valence-corrected chi connectivity index (χ2v) is 4.94. The average molecular weight is 250 g/mol. The van der Waals surface area contributed by atoms with Crippen molar-refractivity contribution in [3.8, 4) is 0 Å². The van der Waals surface area contributed by atoms with E-state index < -0.39 is 0 Å². The summed E-state index contributed by atoms with van der Waals surface area (Å²) in [5, 5.41) is 0.672. The number of hydrogen-bond acceptors (Lipinski definition) is 1.